The van der Waals surface area contributed by atoms with Gasteiger partial charge in [0.15, 0.2) is 0 Å². The van der Waals surface area contributed by atoms with E-state index in [2.05, 4.69) is 10.6 Å². The molecule has 0 spiro atoms. The Morgan fingerprint density at radius 3 is 2.48 bits per heavy atom. The van der Waals surface area contributed by atoms with Gasteiger partial charge in [0, 0.05) is 20.0 Å². The van der Waals surface area contributed by atoms with Gasteiger partial charge in [0.2, 0.25) is 17.7 Å². The van der Waals surface area contributed by atoms with Crippen molar-refractivity contribution in [1.29, 1.82) is 0 Å². The molecular weight excluding hydrogens is 378 g/mol. The number of aliphatic hydroxyl groups is 1. The zero-order valence-electron chi connectivity index (χ0n) is 18.1. The molecule has 3 amide bonds. The molecule has 0 radical (unpaired) electrons. The maximum absolute atomic E-state index is 12.5. The highest BCUT2D eigenvalue weighted by molar-refractivity contribution is 5.96. The Balaban J connectivity index is 2.32. The first-order valence-corrected chi connectivity index (χ1v) is 10.3. The van der Waals surface area contributed by atoms with E-state index in [-0.39, 0.29) is 36.5 Å². The molecule has 5 atom stereocenters. The predicted molar refractivity (Wildman–Crippen MR) is 107 cm³/mol. The summed E-state index contributed by atoms with van der Waals surface area (Å²) in [5, 5.41) is 14.8. The molecule has 166 valence electrons. The van der Waals surface area contributed by atoms with E-state index >= 15 is 0 Å². The molecule has 9 heteroatoms. The Bertz CT molecular complexity index is 595. The Labute approximate surface area is 172 Å². The first kappa shape index (κ1) is 24.9. The van der Waals surface area contributed by atoms with E-state index in [1.807, 2.05) is 13.8 Å². The van der Waals surface area contributed by atoms with E-state index in [1.54, 1.807) is 14.0 Å². The van der Waals surface area contributed by atoms with E-state index in [0.29, 0.717) is 19.4 Å². The number of esters is 1. The molecule has 29 heavy (non-hydrogen) atoms. The lowest BCUT2D eigenvalue weighted by atomic mass is 9.93. The van der Waals surface area contributed by atoms with Crippen LogP contribution in [-0.4, -0.2) is 71.6 Å². The molecule has 9 nitrogen and oxygen atoms in total. The van der Waals surface area contributed by atoms with Gasteiger partial charge >= 0.3 is 5.97 Å². The number of aliphatic hydroxyl groups excluding tert-OH is 1. The van der Waals surface area contributed by atoms with Crippen LogP contribution >= 0.6 is 0 Å². The average Bonchev–Trinajstić information content (AvgIpc) is 2.67. The SMILES string of the molecule is CC[C@H](C)[C@H]1NC(=O)[C@@H](CCCNC(=O)CCC(=O)O[C@H](C)[C@H](C)O)N(C)C1=O. The van der Waals surface area contributed by atoms with E-state index < -0.39 is 30.3 Å². The van der Waals surface area contributed by atoms with Crippen molar-refractivity contribution >= 4 is 23.7 Å². The quantitative estimate of drug-likeness (QED) is 0.331. The minimum Gasteiger partial charge on any atom is -0.460 e. The van der Waals surface area contributed by atoms with Crippen molar-refractivity contribution in [3.05, 3.63) is 0 Å². The van der Waals surface area contributed by atoms with Crippen LogP contribution in [0.1, 0.15) is 59.8 Å². The summed E-state index contributed by atoms with van der Waals surface area (Å²) >= 11 is 0. The van der Waals surface area contributed by atoms with Gasteiger partial charge in [-0.3, -0.25) is 19.2 Å². The van der Waals surface area contributed by atoms with Crippen LogP contribution in [0.5, 0.6) is 0 Å². The topological polar surface area (TPSA) is 125 Å². The fourth-order valence-corrected chi connectivity index (χ4v) is 3.00. The number of carbonyl (C=O) groups excluding carboxylic acids is 4. The van der Waals surface area contributed by atoms with E-state index in [0.717, 1.165) is 6.42 Å². The number of hydrogen-bond donors (Lipinski definition) is 3. The maximum atomic E-state index is 12.5. The first-order valence-electron chi connectivity index (χ1n) is 10.3. The molecule has 0 bridgehead atoms. The molecule has 1 aliphatic heterocycles. The van der Waals surface area contributed by atoms with Crippen LogP contribution < -0.4 is 10.6 Å². The molecule has 0 aliphatic carbocycles. The Morgan fingerprint density at radius 1 is 1.24 bits per heavy atom. The standard InChI is InChI=1S/C20H35N3O6/c1-6-12(2)18-20(28)23(5)15(19(27)22-18)8-7-11-21-16(25)9-10-17(26)29-14(4)13(3)24/h12-15,18,24H,6-11H2,1-5H3,(H,21,25)(H,22,27)/t12-,13-,14+,15+,18+/m0/s1. The number of nitrogens with zero attached hydrogens (tertiary/aromatic N) is 1. The van der Waals surface area contributed by atoms with Crippen molar-refractivity contribution in [3.8, 4) is 0 Å². The van der Waals surface area contributed by atoms with Crippen molar-refractivity contribution < 1.29 is 29.0 Å². The highest BCUT2D eigenvalue weighted by atomic mass is 16.6. The monoisotopic (exact) mass is 413 g/mol. The summed E-state index contributed by atoms with van der Waals surface area (Å²) in [7, 11) is 1.64. The van der Waals surface area contributed by atoms with E-state index in [1.165, 1.54) is 11.8 Å². The molecule has 3 N–H and O–H groups in total. The number of likely N-dealkylation sites (N-methyl/N-ethyl adjacent to an activating group) is 1. The third-order valence-corrected chi connectivity index (χ3v) is 5.42. The number of piperazine rings is 1. The van der Waals surface area contributed by atoms with Crippen LogP contribution in [-0.2, 0) is 23.9 Å². The molecule has 1 rings (SSSR count). The second kappa shape index (κ2) is 11.7. The van der Waals surface area contributed by atoms with Gasteiger partial charge in [-0.25, -0.2) is 0 Å². The lowest BCUT2D eigenvalue weighted by Crippen LogP contribution is -2.63. The van der Waals surface area contributed by atoms with Gasteiger partial charge in [-0.2, -0.15) is 0 Å². The summed E-state index contributed by atoms with van der Waals surface area (Å²) in [6.07, 6.45) is 0.301. The summed E-state index contributed by atoms with van der Waals surface area (Å²) < 4.78 is 4.98. The van der Waals surface area contributed by atoms with Gasteiger partial charge < -0.3 is 25.4 Å². The molecule has 1 saturated heterocycles. The molecule has 0 aromatic heterocycles. The maximum Gasteiger partial charge on any atom is 0.306 e. The molecule has 0 aromatic rings. The lowest BCUT2D eigenvalue weighted by Gasteiger charge is -2.38. The van der Waals surface area contributed by atoms with Gasteiger partial charge in [0.25, 0.3) is 0 Å². The fourth-order valence-electron chi connectivity index (χ4n) is 3.00. The minimum absolute atomic E-state index is 0.00967. The molecule has 1 fully saturated rings. The first-order chi connectivity index (χ1) is 13.6. The third-order valence-electron chi connectivity index (χ3n) is 5.42. The normalized spacial score (nSPS) is 22.5. The van der Waals surface area contributed by atoms with Crippen LogP contribution in [0.15, 0.2) is 0 Å². The third kappa shape index (κ3) is 7.64. The number of hydrogen-bond acceptors (Lipinski definition) is 6. The summed E-state index contributed by atoms with van der Waals surface area (Å²) in [5.41, 5.74) is 0. The lowest BCUT2D eigenvalue weighted by molar-refractivity contribution is -0.154. The minimum atomic E-state index is -0.768. The Hall–Kier alpha value is -2.16. The van der Waals surface area contributed by atoms with Gasteiger partial charge in [-0.15, -0.1) is 0 Å². The molecule has 0 saturated carbocycles. The smallest absolute Gasteiger partial charge is 0.306 e. The van der Waals surface area contributed by atoms with Crippen molar-refractivity contribution in [2.24, 2.45) is 5.92 Å². The zero-order chi connectivity index (χ0) is 22.1. The highest BCUT2D eigenvalue weighted by Crippen LogP contribution is 2.18. The summed E-state index contributed by atoms with van der Waals surface area (Å²) in [4.78, 5) is 49.8. The van der Waals surface area contributed by atoms with E-state index in [4.69, 9.17) is 4.74 Å². The number of rotatable bonds is 11. The highest BCUT2D eigenvalue weighted by Gasteiger charge is 2.39. The molecule has 1 heterocycles. The summed E-state index contributed by atoms with van der Waals surface area (Å²) in [5.74, 6) is -1.01. The van der Waals surface area contributed by atoms with Gasteiger partial charge in [-0.05, 0) is 32.6 Å². The van der Waals surface area contributed by atoms with Crippen molar-refractivity contribution in [3.63, 3.8) is 0 Å². The van der Waals surface area contributed by atoms with Crippen LogP contribution in [0.3, 0.4) is 0 Å². The largest absolute Gasteiger partial charge is 0.460 e. The fraction of sp³-hybridized carbons (Fsp3) is 0.800. The second-order valence-electron chi connectivity index (χ2n) is 7.76. The Morgan fingerprint density at radius 2 is 1.90 bits per heavy atom. The van der Waals surface area contributed by atoms with Crippen molar-refractivity contribution in [2.45, 2.75) is 84.1 Å². The number of nitrogens with one attached hydrogen (secondary N) is 2. The summed E-state index contributed by atoms with van der Waals surface area (Å²) in [6.45, 7) is 7.36. The van der Waals surface area contributed by atoms with Gasteiger partial charge in [0.05, 0.1) is 12.5 Å². The second-order valence-corrected chi connectivity index (χ2v) is 7.76. The number of carbonyl (C=O) groups is 4. The van der Waals surface area contributed by atoms with Crippen LogP contribution in [0.2, 0.25) is 0 Å². The zero-order valence-corrected chi connectivity index (χ0v) is 18.1. The predicted octanol–water partition coefficient (Wildman–Crippen LogP) is 0.347. The van der Waals surface area contributed by atoms with Crippen LogP contribution in [0.4, 0.5) is 0 Å². The number of amides is 3. The van der Waals surface area contributed by atoms with Crippen LogP contribution in [0.25, 0.3) is 0 Å². The van der Waals surface area contributed by atoms with Crippen molar-refractivity contribution in [2.75, 3.05) is 13.6 Å². The molecule has 0 aromatic carbocycles. The molecular formula is C20H35N3O6. The van der Waals surface area contributed by atoms with E-state index in [9.17, 15) is 24.3 Å². The summed E-state index contributed by atoms with van der Waals surface area (Å²) in [6, 6.07) is -1.03. The molecule has 0 unspecified atom stereocenters. The average molecular weight is 414 g/mol. The molecule has 1 aliphatic rings. The Kier molecular flexibility index (Phi) is 10.1. The van der Waals surface area contributed by atoms with Crippen molar-refractivity contribution in [1.82, 2.24) is 15.5 Å². The van der Waals surface area contributed by atoms with Crippen LogP contribution in [0, 0.1) is 5.92 Å². The van der Waals surface area contributed by atoms with Gasteiger partial charge in [0.1, 0.15) is 18.2 Å². The number of ether oxygens (including phenoxy) is 1. The van der Waals surface area contributed by atoms with Gasteiger partial charge in [-0.1, -0.05) is 20.3 Å².